The SMILES string of the molecule is Cc1cc(OS(=O)(=O)C(F)(F)F)c(Cl)cc1-c1ccc(O)cc1. The Labute approximate surface area is 135 Å². The maximum atomic E-state index is 12.4. The Morgan fingerprint density at radius 1 is 1.13 bits per heavy atom. The van der Waals surface area contributed by atoms with Gasteiger partial charge in [-0.25, -0.2) is 0 Å². The van der Waals surface area contributed by atoms with Gasteiger partial charge in [-0.05, 0) is 47.9 Å². The third-order valence-electron chi connectivity index (χ3n) is 2.94. The molecule has 0 bridgehead atoms. The lowest BCUT2D eigenvalue weighted by Crippen LogP contribution is -2.28. The summed E-state index contributed by atoms with van der Waals surface area (Å²) in [5, 5.41) is 8.97. The zero-order chi connectivity index (χ0) is 17.4. The van der Waals surface area contributed by atoms with Crippen LogP contribution in [0.3, 0.4) is 0 Å². The van der Waals surface area contributed by atoms with Gasteiger partial charge in [0.05, 0.1) is 5.02 Å². The second-order valence-corrected chi connectivity index (χ2v) is 6.57. The Morgan fingerprint density at radius 2 is 1.70 bits per heavy atom. The van der Waals surface area contributed by atoms with E-state index in [0.717, 1.165) is 6.07 Å². The summed E-state index contributed by atoms with van der Waals surface area (Å²) in [7, 11) is -5.79. The fourth-order valence-electron chi connectivity index (χ4n) is 1.84. The van der Waals surface area contributed by atoms with Crippen LogP contribution >= 0.6 is 11.6 Å². The van der Waals surface area contributed by atoms with Gasteiger partial charge in [0.15, 0.2) is 5.75 Å². The normalized spacial score (nSPS) is 12.2. The molecular formula is C14H10ClF3O4S. The molecule has 0 atom stereocenters. The van der Waals surface area contributed by atoms with Crippen LogP contribution in [0.2, 0.25) is 5.02 Å². The van der Waals surface area contributed by atoms with E-state index in [9.17, 15) is 26.7 Å². The Kier molecular flexibility index (Phi) is 4.50. The molecule has 0 fully saturated rings. The minimum absolute atomic E-state index is 0.0497. The van der Waals surface area contributed by atoms with Crippen molar-refractivity contribution in [2.45, 2.75) is 12.4 Å². The topological polar surface area (TPSA) is 63.6 Å². The molecule has 0 spiro atoms. The number of alkyl halides is 3. The molecule has 9 heteroatoms. The molecule has 2 aromatic carbocycles. The molecule has 23 heavy (non-hydrogen) atoms. The van der Waals surface area contributed by atoms with Gasteiger partial charge < -0.3 is 9.29 Å². The standard InChI is InChI=1S/C14H10ClF3O4S/c1-8-6-13(22-23(20,21)14(16,17)18)12(15)7-11(8)9-2-4-10(19)5-3-9/h2-7,19H,1H3. The van der Waals surface area contributed by atoms with Crippen molar-refractivity contribution in [2.75, 3.05) is 0 Å². The van der Waals surface area contributed by atoms with Crippen LogP contribution in [-0.4, -0.2) is 19.0 Å². The molecule has 0 heterocycles. The summed E-state index contributed by atoms with van der Waals surface area (Å²) >= 11 is 5.83. The lowest BCUT2D eigenvalue weighted by molar-refractivity contribution is -0.0500. The minimum atomic E-state index is -5.79. The van der Waals surface area contributed by atoms with E-state index < -0.39 is 21.4 Å². The molecule has 0 amide bonds. The van der Waals surface area contributed by atoms with Crippen molar-refractivity contribution in [2.24, 2.45) is 0 Å². The van der Waals surface area contributed by atoms with Crippen LogP contribution in [0.25, 0.3) is 11.1 Å². The summed E-state index contributed by atoms with van der Waals surface area (Å²) in [4.78, 5) is 0. The van der Waals surface area contributed by atoms with Crippen molar-refractivity contribution in [1.29, 1.82) is 0 Å². The van der Waals surface area contributed by atoms with Crippen molar-refractivity contribution < 1.29 is 30.9 Å². The van der Waals surface area contributed by atoms with Crippen LogP contribution in [0.5, 0.6) is 11.5 Å². The molecule has 2 rings (SSSR count). The van der Waals surface area contributed by atoms with Gasteiger partial charge in [-0.2, -0.15) is 21.6 Å². The van der Waals surface area contributed by atoms with Gasteiger partial charge in [0.25, 0.3) is 0 Å². The highest BCUT2D eigenvalue weighted by atomic mass is 35.5. The van der Waals surface area contributed by atoms with Crippen molar-refractivity contribution in [3.8, 4) is 22.6 Å². The molecule has 0 radical (unpaired) electrons. The lowest BCUT2D eigenvalue weighted by Gasteiger charge is -2.13. The molecule has 2 aromatic rings. The second-order valence-electron chi connectivity index (χ2n) is 4.63. The first kappa shape index (κ1) is 17.4. The van der Waals surface area contributed by atoms with Gasteiger partial charge in [-0.1, -0.05) is 23.7 Å². The third kappa shape index (κ3) is 3.70. The molecule has 0 unspecified atom stereocenters. The number of phenols is 1. The highest BCUT2D eigenvalue weighted by Gasteiger charge is 2.48. The minimum Gasteiger partial charge on any atom is -0.508 e. The van der Waals surface area contributed by atoms with Gasteiger partial charge in [0, 0.05) is 0 Å². The quantitative estimate of drug-likeness (QED) is 0.651. The summed E-state index contributed by atoms with van der Waals surface area (Å²) in [6.45, 7) is 1.56. The average Bonchev–Trinajstić information content (AvgIpc) is 2.42. The van der Waals surface area contributed by atoms with Gasteiger partial charge >= 0.3 is 15.6 Å². The van der Waals surface area contributed by atoms with Gasteiger partial charge in [0.1, 0.15) is 5.75 Å². The molecule has 0 aliphatic carbocycles. The predicted octanol–water partition coefficient (Wildman–Crippen LogP) is 4.25. The van der Waals surface area contributed by atoms with Crippen LogP contribution in [0, 0.1) is 6.92 Å². The van der Waals surface area contributed by atoms with Gasteiger partial charge in [0.2, 0.25) is 0 Å². The van der Waals surface area contributed by atoms with Crippen molar-refractivity contribution in [3.63, 3.8) is 0 Å². The lowest BCUT2D eigenvalue weighted by atomic mass is 10.0. The van der Waals surface area contributed by atoms with Crippen molar-refractivity contribution in [3.05, 3.63) is 47.0 Å². The Bertz CT molecular complexity index is 830. The highest BCUT2D eigenvalue weighted by molar-refractivity contribution is 7.88. The number of halogens is 4. The van der Waals surface area contributed by atoms with Crippen LogP contribution in [0.1, 0.15) is 5.56 Å². The highest BCUT2D eigenvalue weighted by Crippen LogP contribution is 2.36. The van der Waals surface area contributed by atoms with Crippen LogP contribution < -0.4 is 4.18 Å². The van der Waals surface area contributed by atoms with E-state index in [0.29, 0.717) is 16.7 Å². The Balaban J connectivity index is 2.44. The summed E-state index contributed by atoms with van der Waals surface area (Å²) in [5.74, 6) is -0.558. The average molecular weight is 367 g/mol. The van der Waals surface area contributed by atoms with E-state index in [4.69, 9.17) is 11.6 Å². The molecule has 0 aromatic heterocycles. The second kappa shape index (κ2) is 5.93. The van der Waals surface area contributed by atoms with E-state index in [1.807, 2.05) is 0 Å². The molecular weight excluding hydrogens is 357 g/mol. The largest absolute Gasteiger partial charge is 0.534 e. The number of aryl methyl sites for hydroxylation is 1. The fourth-order valence-corrected chi connectivity index (χ4v) is 2.55. The molecule has 0 saturated carbocycles. The van der Waals surface area contributed by atoms with Crippen molar-refractivity contribution >= 4 is 21.7 Å². The van der Waals surface area contributed by atoms with Crippen LogP contribution in [0.15, 0.2) is 36.4 Å². The Morgan fingerprint density at radius 3 is 2.22 bits per heavy atom. The van der Waals surface area contributed by atoms with Gasteiger partial charge in [-0.15, -0.1) is 0 Å². The van der Waals surface area contributed by atoms with E-state index in [2.05, 4.69) is 4.18 Å². The first-order chi connectivity index (χ1) is 10.5. The monoisotopic (exact) mass is 366 g/mol. The van der Waals surface area contributed by atoms with E-state index in [1.165, 1.54) is 18.2 Å². The number of aromatic hydroxyl groups is 1. The first-order valence-corrected chi connectivity index (χ1v) is 7.90. The van der Waals surface area contributed by atoms with Crippen LogP contribution in [0.4, 0.5) is 13.2 Å². The maximum Gasteiger partial charge on any atom is 0.534 e. The summed E-state index contributed by atoms with van der Waals surface area (Å²) in [6.07, 6.45) is 0. The molecule has 1 N–H and O–H groups in total. The summed E-state index contributed by atoms with van der Waals surface area (Å²) in [5.41, 5.74) is -3.88. The number of phenolic OH excluding ortho intramolecular Hbond substituents is 1. The molecule has 4 nitrogen and oxygen atoms in total. The molecule has 124 valence electrons. The van der Waals surface area contributed by atoms with E-state index in [1.54, 1.807) is 19.1 Å². The molecule has 0 aliphatic rings. The predicted molar refractivity (Wildman–Crippen MR) is 78.9 cm³/mol. The van der Waals surface area contributed by atoms with Crippen molar-refractivity contribution in [1.82, 2.24) is 0 Å². The molecule has 0 aliphatic heterocycles. The third-order valence-corrected chi connectivity index (χ3v) is 4.20. The Hall–Kier alpha value is -1.93. The molecule has 0 saturated heterocycles. The summed E-state index contributed by atoms with van der Waals surface area (Å²) in [6, 6.07) is 8.43. The summed E-state index contributed by atoms with van der Waals surface area (Å²) < 4.78 is 63.2. The van der Waals surface area contributed by atoms with Gasteiger partial charge in [-0.3, -0.25) is 0 Å². The maximum absolute atomic E-state index is 12.4. The number of hydrogen-bond donors (Lipinski definition) is 1. The van der Waals surface area contributed by atoms with E-state index in [-0.39, 0.29) is 10.8 Å². The number of benzene rings is 2. The first-order valence-electron chi connectivity index (χ1n) is 6.11. The zero-order valence-corrected chi connectivity index (χ0v) is 13.1. The number of rotatable bonds is 3. The smallest absolute Gasteiger partial charge is 0.508 e. The number of hydrogen-bond acceptors (Lipinski definition) is 4. The fraction of sp³-hybridized carbons (Fsp3) is 0.143. The van der Waals surface area contributed by atoms with Crippen LogP contribution in [-0.2, 0) is 10.1 Å². The zero-order valence-electron chi connectivity index (χ0n) is 11.6. The van der Waals surface area contributed by atoms with E-state index >= 15 is 0 Å².